The van der Waals surface area contributed by atoms with Crippen molar-refractivity contribution in [3.63, 3.8) is 0 Å². The molecule has 22 heavy (non-hydrogen) atoms. The SMILES string of the molecule is COc1cc(O)c2c(OC)c(O)c(O)c3c2c1C(C)=CC3=O. The van der Waals surface area contributed by atoms with Gasteiger partial charge in [0.05, 0.1) is 25.2 Å². The maximum absolute atomic E-state index is 12.3. The number of hydrogen-bond acceptors (Lipinski definition) is 6. The van der Waals surface area contributed by atoms with Crippen molar-refractivity contribution >= 4 is 22.1 Å². The summed E-state index contributed by atoms with van der Waals surface area (Å²) in [5.41, 5.74) is 1.12. The van der Waals surface area contributed by atoms with Crippen LogP contribution in [0.4, 0.5) is 0 Å². The molecule has 3 rings (SSSR count). The van der Waals surface area contributed by atoms with Crippen LogP contribution in [0.5, 0.6) is 28.7 Å². The van der Waals surface area contributed by atoms with Gasteiger partial charge in [-0.15, -0.1) is 0 Å². The Morgan fingerprint density at radius 2 is 1.64 bits per heavy atom. The van der Waals surface area contributed by atoms with Crippen molar-refractivity contribution in [2.45, 2.75) is 6.92 Å². The maximum atomic E-state index is 12.3. The number of carbonyl (C=O) groups excluding carboxylic acids is 1. The van der Waals surface area contributed by atoms with E-state index >= 15 is 0 Å². The number of ketones is 1. The zero-order valence-corrected chi connectivity index (χ0v) is 12.2. The van der Waals surface area contributed by atoms with Gasteiger partial charge in [-0.1, -0.05) is 0 Å². The van der Waals surface area contributed by atoms with Gasteiger partial charge in [-0.3, -0.25) is 4.79 Å². The van der Waals surface area contributed by atoms with Crippen molar-refractivity contribution in [1.82, 2.24) is 0 Å². The molecule has 0 amide bonds. The number of phenols is 3. The molecule has 0 unspecified atom stereocenters. The van der Waals surface area contributed by atoms with E-state index in [9.17, 15) is 20.1 Å². The summed E-state index contributed by atoms with van der Waals surface area (Å²) < 4.78 is 10.4. The molecule has 0 fully saturated rings. The summed E-state index contributed by atoms with van der Waals surface area (Å²) in [7, 11) is 2.74. The lowest BCUT2D eigenvalue weighted by molar-refractivity contribution is 0.104. The molecule has 0 heterocycles. The van der Waals surface area contributed by atoms with Gasteiger partial charge in [0.15, 0.2) is 17.3 Å². The van der Waals surface area contributed by atoms with Crippen molar-refractivity contribution < 1.29 is 29.6 Å². The van der Waals surface area contributed by atoms with E-state index in [1.807, 2.05) is 0 Å². The number of carbonyl (C=O) groups is 1. The first-order valence-corrected chi connectivity index (χ1v) is 6.50. The molecular weight excluding hydrogens is 288 g/mol. The molecule has 0 radical (unpaired) electrons. The van der Waals surface area contributed by atoms with Crippen LogP contribution in [0.2, 0.25) is 0 Å². The molecule has 1 aliphatic rings. The van der Waals surface area contributed by atoms with E-state index in [4.69, 9.17) is 9.47 Å². The Hall–Kier alpha value is -2.89. The molecule has 3 N–H and O–H groups in total. The van der Waals surface area contributed by atoms with Crippen molar-refractivity contribution in [2.75, 3.05) is 14.2 Å². The summed E-state index contributed by atoms with van der Waals surface area (Å²) in [6.07, 6.45) is 1.35. The highest BCUT2D eigenvalue weighted by atomic mass is 16.5. The third kappa shape index (κ3) is 1.57. The summed E-state index contributed by atoms with van der Waals surface area (Å²) in [5.74, 6) is -1.57. The zero-order chi connectivity index (χ0) is 16.2. The number of allylic oxidation sites excluding steroid dienone is 2. The molecule has 2 aromatic carbocycles. The normalized spacial score (nSPS) is 13.2. The lowest BCUT2D eigenvalue weighted by atomic mass is 9.85. The van der Waals surface area contributed by atoms with Crippen molar-refractivity contribution in [3.8, 4) is 28.7 Å². The van der Waals surface area contributed by atoms with E-state index in [1.54, 1.807) is 6.92 Å². The summed E-state index contributed by atoms with van der Waals surface area (Å²) >= 11 is 0. The molecule has 0 aromatic heterocycles. The van der Waals surface area contributed by atoms with Gasteiger partial charge in [0.1, 0.15) is 11.5 Å². The first kappa shape index (κ1) is 14.1. The smallest absolute Gasteiger partial charge is 0.202 e. The first-order valence-electron chi connectivity index (χ1n) is 6.50. The Kier molecular flexibility index (Phi) is 2.91. The van der Waals surface area contributed by atoms with Crippen molar-refractivity contribution in [1.29, 1.82) is 0 Å². The Morgan fingerprint density at radius 3 is 2.23 bits per heavy atom. The molecule has 114 valence electrons. The summed E-state index contributed by atoms with van der Waals surface area (Å²) in [4.78, 5) is 12.3. The minimum Gasteiger partial charge on any atom is -0.507 e. The second-order valence-electron chi connectivity index (χ2n) is 5.02. The van der Waals surface area contributed by atoms with Gasteiger partial charge in [0.2, 0.25) is 5.75 Å². The second-order valence-corrected chi connectivity index (χ2v) is 5.02. The summed E-state index contributed by atoms with van der Waals surface area (Å²) in [6, 6.07) is 1.38. The van der Waals surface area contributed by atoms with Crippen molar-refractivity contribution in [2.24, 2.45) is 0 Å². The number of aromatic hydroxyl groups is 3. The summed E-state index contributed by atoms with van der Waals surface area (Å²) in [6.45, 7) is 1.73. The number of rotatable bonds is 2. The van der Waals surface area contributed by atoms with E-state index < -0.39 is 17.3 Å². The van der Waals surface area contributed by atoms with Gasteiger partial charge in [-0.2, -0.15) is 0 Å². The average molecular weight is 302 g/mol. The lowest BCUT2D eigenvalue weighted by Gasteiger charge is -2.22. The van der Waals surface area contributed by atoms with Crippen LogP contribution in [0.25, 0.3) is 16.3 Å². The van der Waals surface area contributed by atoms with E-state index in [2.05, 4.69) is 0 Å². The van der Waals surface area contributed by atoms with Crippen LogP contribution in [0.3, 0.4) is 0 Å². The zero-order valence-electron chi connectivity index (χ0n) is 12.2. The van der Waals surface area contributed by atoms with Crippen LogP contribution >= 0.6 is 0 Å². The van der Waals surface area contributed by atoms with Gasteiger partial charge in [-0.05, 0) is 18.6 Å². The Bertz CT molecular complexity index is 863. The maximum Gasteiger partial charge on any atom is 0.202 e. The van der Waals surface area contributed by atoms with E-state index in [0.717, 1.165) is 0 Å². The molecule has 6 nitrogen and oxygen atoms in total. The number of phenolic OH excluding ortho intramolecular Hbond substituents is 3. The van der Waals surface area contributed by atoms with Gasteiger partial charge in [0, 0.05) is 17.0 Å². The molecule has 1 aliphatic carbocycles. The molecule has 0 saturated carbocycles. The molecule has 6 heteroatoms. The highest BCUT2D eigenvalue weighted by Crippen LogP contribution is 2.53. The molecular formula is C16H14O6. The van der Waals surface area contributed by atoms with E-state index in [1.165, 1.54) is 26.4 Å². The Morgan fingerprint density at radius 1 is 0.955 bits per heavy atom. The van der Waals surface area contributed by atoms with Crippen LogP contribution in [-0.4, -0.2) is 35.3 Å². The molecule has 0 saturated heterocycles. The quantitative estimate of drug-likeness (QED) is 0.738. The highest BCUT2D eigenvalue weighted by Gasteiger charge is 2.31. The van der Waals surface area contributed by atoms with Gasteiger partial charge in [-0.25, -0.2) is 0 Å². The molecule has 0 aliphatic heterocycles. The minimum absolute atomic E-state index is 0.0805. The molecule has 0 spiro atoms. The third-order valence-corrected chi connectivity index (χ3v) is 3.84. The van der Waals surface area contributed by atoms with Crippen LogP contribution in [0.1, 0.15) is 22.8 Å². The fourth-order valence-corrected chi connectivity index (χ4v) is 2.92. The van der Waals surface area contributed by atoms with Crippen molar-refractivity contribution in [3.05, 3.63) is 23.3 Å². The lowest BCUT2D eigenvalue weighted by Crippen LogP contribution is -2.07. The topological polar surface area (TPSA) is 96.2 Å². The van der Waals surface area contributed by atoms with Crippen LogP contribution in [-0.2, 0) is 0 Å². The van der Waals surface area contributed by atoms with Gasteiger partial charge >= 0.3 is 0 Å². The number of hydrogen-bond donors (Lipinski definition) is 3. The number of ether oxygens (including phenoxy) is 2. The largest absolute Gasteiger partial charge is 0.507 e. The predicted octanol–water partition coefficient (Wildman–Crippen LogP) is 2.57. The number of methoxy groups -OCH3 is 2. The van der Waals surface area contributed by atoms with Gasteiger partial charge in [0.25, 0.3) is 0 Å². The fraction of sp³-hybridized carbons (Fsp3) is 0.188. The van der Waals surface area contributed by atoms with Crippen LogP contribution in [0, 0.1) is 0 Å². The average Bonchev–Trinajstić information content (AvgIpc) is 2.47. The van der Waals surface area contributed by atoms with Gasteiger partial charge < -0.3 is 24.8 Å². The second kappa shape index (κ2) is 4.56. The monoisotopic (exact) mass is 302 g/mol. The summed E-state index contributed by atoms with van der Waals surface area (Å²) in [5, 5.41) is 31.0. The molecule has 0 bridgehead atoms. The number of benzene rings is 2. The standard InChI is InChI=1S/C16H14O6/c1-6-4-7(17)11-13-10(6)9(21-2)5-8(18)12(13)16(22-3)15(20)14(11)19/h4-5,18-20H,1-3H3. The minimum atomic E-state index is -0.585. The first-order chi connectivity index (χ1) is 10.4. The predicted molar refractivity (Wildman–Crippen MR) is 80.0 cm³/mol. The fourth-order valence-electron chi connectivity index (χ4n) is 2.92. The molecule has 0 atom stereocenters. The Labute approximate surface area is 125 Å². The third-order valence-electron chi connectivity index (χ3n) is 3.84. The van der Waals surface area contributed by atoms with E-state index in [-0.39, 0.29) is 22.4 Å². The Balaban J connectivity index is 2.68. The highest BCUT2D eigenvalue weighted by molar-refractivity contribution is 6.26. The van der Waals surface area contributed by atoms with E-state index in [0.29, 0.717) is 22.3 Å². The molecule has 2 aromatic rings. The van der Waals surface area contributed by atoms with Crippen LogP contribution in [0.15, 0.2) is 12.1 Å². The van der Waals surface area contributed by atoms with Crippen LogP contribution < -0.4 is 9.47 Å².